The van der Waals surface area contributed by atoms with E-state index >= 15 is 0 Å². The Hall–Kier alpha value is -1.76. The largest absolute Gasteiger partial charge is 0.488 e. The molecular formula is C16H14Cl2O5S. The number of carbonyl (C=O) groups is 1. The molecule has 128 valence electrons. The van der Waals surface area contributed by atoms with Crippen molar-refractivity contribution in [2.24, 2.45) is 0 Å². The molecule has 0 aliphatic carbocycles. The third-order valence-electron chi connectivity index (χ3n) is 2.97. The number of sulfone groups is 1. The van der Waals surface area contributed by atoms with E-state index < -0.39 is 15.8 Å². The second-order valence-electron chi connectivity index (χ2n) is 4.86. The smallest absolute Gasteiger partial charge is 0.338 e. The van der Waals surface area contributed by atoms with Gasteiger partial charge in [-0.05, 0) is 36.4 Å². The highest BCUT2D eigenvalue weighted by molar-refractivity contribution is 7.90. The monoisotopic (exact) mass is 388 g/mol. The van der Waals surface area contributed by atoms with Gasteiger partial charge < -0.3 is 9.47 Å². The molecule has 0 aliphatic rings. The SMILES string of the molecule is CS(=O)(=O)c1cccc(C(=O)OCCOc2ccc(Cl)cc2Cl)c1. The predicted octanol–water partition coefficient (Wildman–Crippen LogP) is 3.63. The van der Waals surface area contributed by atoms with E-state index in [9.17, 15) is 13.2 Å². The molecule has 24 heavy (non-hydrogen) atoms. The number of hydrogen-bond donors (Lipinski definition) is 0. The molecule has 8 heteroatoms. The van der Waals surface area contributed by atoms with Crippen molar-refractivity contribution in [3.8, 4) is 5.75 Å². The van der Waals surface area contributed by atoms with Crippen LogP contribution in [0, 0.1) is 0 Å². The third kappa shape index (κ3) is 5.12. The molecule has 2 aromatic carbocycles. The van der Waals surface area contributed by atoms with Crippen molar-refractivity contribution in [1.82, 2.24) is 0 Å². The second kappa shape index (κ2) is 7.88. The van der Waals surface area contributed by atoms with E-state index in [2.05, 4.69) is 0 Å². The summed E-state index contributed by atoms with van der Waals surface area (Å²) >= 11 is 11.7. The first-order valence-corrected chi connectivity index (χ1v) is 9.47. The maximum atomic E-state index is 11.9. The van der Waals surface area contributed by atoms with Crippen LogP contribution in [0.25, 0.3) is 0 Å². The van der Waals surface area contributed by atoms with Gasteiger partial charge in [-0.2, -0.15) is 0 Å². The first kappa shape index (κ1) is 18.6. The van der Waals surface area contributed by atoms with E-state index in [-0.39, 0.29) is 23.7 Å². The lowest BCUT2D eigenvalue weighted by atomic mass is 10.2. The van der Waals surface area contributed by atoms with Gasteiger partial charge in [-0.15, -0.1) is 0 Å². The van der Waals surface area contributed by atoms with Gasteiger partial charge in [-0.3, -0.25) is 0 Å². The summed E-state index contributed by atoms with van der Waals surface area (Å²) < 4.78 is 33.4. The minimum atomic E-state index is -3.39. The van der Waals surface area contributed by atoms with Gasteiger partial charge in [0.15, 0.2) is 9.84 Å². The van der Waals surface area contributed by atoms with Gasteiger partial charge in [0.2, 0.25) is 0 Å². The maximum Gasteiger partial charge on any atom is 0.338 e. The second-order valence-corrected chi connectivity index (χ2v) is 7.72. The van der Waals surface area contributed by atoms with Crippen LogP contribution in [0.4, 0.5) is 0 Å². The Morgan fingerprint density at radius 2 is 1.83 bits per heavy atom. The van der Waals surface area contributed by atoms with E-state index in [1.54, 1.807) is 18.2 Å². The van der Waals surface area contributed by atoms with Gasteiger partial charge in [0.25, 0.3) is 0 Å². The molecule has 0 N–H and O–H groups in total. The van der Waals surface area contributed by atoms with Crippen molar-refractivity contribution in [3.05, 3.63) is 58.1 Å². The number of ether oxygens (including phenoxy) is 2. The molecule has 0 amide bonds. The van der Waals surface area contributed by atoms with Crippen molar-refractivity contribution < 1.29 is 22.7 Å². The minimum Gasteiger partial charge on any atom is -0.488 e. The van der Waals surface area contributed by atoms with Crippen molar-refractivity contribution >= 4 is 39.0 Å². The minimum absolute atomic E-state index is 0.0130. The summed E-state index contributed by atoms with van der Waals surface area (Å²) in [6, 6.07) is 10.4. The third-order valence-corrected chi connectivity index (χ3v) is 4.61. The zero-order valence-corrected chi connectivity index (χ0v) is 15.0. The lowest BCUT2D eigenvalue weighted by molar-refractivity contribution is 0.0450. The van der Waals surface area contributed by atoms with Crippen LogP contribution in [0.1, 0.15) is 10.4 Å². The molecule has 5 nitrogen and oxygen atoms in total. The van der Waals surface area contributed by atoms with Crippen molar-refractivity contribution in [2.75, 3.05) is 19.5 Å². The number of esters is 1. The van der Waals surface area contributed by atoms with E-state index in [4.69, 9.17) is 32.7 Å². The summed E-state index contributed by atoms with van der Waals surface area (Å²) in [7, 11) is -3.39. The molecule has 0 saturated heterocycles. The van der Waals surface area contributed by atoms with Crippen LogP contribution in [-0.2, 0) is 14.6 Å². The summed E-state index contributed by atoms with van der Waals surface area (Å²) in [4.78, 5) is 12.0. The highest BCUT2D eigenvalue weighted by Gasteiger charge is 2.12. The zero-order valence-electron chi connectivity index (χ0n) is 12.7. The fourth-order valence-corrected chi connectivity index (χ4v) is 2.95. The summed E-state index contributed by atoms with van der Waals surface area (Å²) in [6.07, 6.45) is 1.07. The van der Waals surface area contributed by atoms with E-state index in [1.807, 2.05) is 0 Å². The maximum absolute atomic E-state index is 11.9. The van der Waals surface area contributed by atoms with Gasteiger partial charge in [-0.1, -0.05) is 29.3 Å². The highest BCUT2D eigenvalue weighted by atomic mass is 35.5. The lowest BCUT2D eigenvalue weighted by Gasteiger charge is -2.09. The zero-order chi connectivity index (χ0) is 17.7. The molecule has 0 spiro atoms. The Morgan fingerprint density at radius 1 is 1.08 bits per heavy atom. The van der Waals surface area contributed by atoms with E-state index in [0.717, 1.165) is 6.26 Å². The molecule has 0 unspecified atom stereocenters. The lowest BCUT2D eigenvalue weighted by Crippen LogP contribution is -2.13. The Morgan fingerprint density at radius 3 is 2.50 bits per heavy atom. The van der Waals surface area contributed by atoms with Crippen LogP contribution in [0.5, 0.6) is 5.75 Å². The molecule has 0 heterocycles. The van der Waals surface area contributed by atoms with Crippen molar-refractivity contribution in [2.45, 2.75) is 4.90 Å². The standard InChI is InChI=1S/C16H14Cl2O5S/c1-24(20,21)13-4-2-3-11(9-13)16(19)23-8-7-22-15-6-5-12(17)10-14(15)18/h2-6,9-10H,7-8H2,1H3. The quantitative estimate of drug-likeness (QED) is 0.558. The van der Waals surface area contributed by atoms with Gasteiger partial charge in [-0.25, -0.2) is 13.2 Å². The number of halogens is 2. The Bertz CT molecular complexity index is 849. The van der Waals surface area contributed by atoms with Crippen LogP contribution < -0.4 is 4.74 Å². The summed E-state index contributed by atoms with van der Waals surface area (Å²) in [5, 5.41) is 0.846. The van der Waals surface area contributed by atoms with E-state index in [1.165, 1.54) is 24.3 Å². The van der Waals surface area contributed by atoms with Gasteiger partial charge >= 0.3 is 5.97 Å². The molecule has 0 saturated carbocycles. The molecule has 0 bridgehead atoms. The molecule has 0 fully saturated rings. The number of carbonyl (C=O) groups excluding carboxylic acids is 1. The average molecular weight is 389 g/mol. The normalized spacial score (nSPS) is 11.1. The average Bonchev–Trinajstić information content (AvgIpc) is 2.52. The molecule has 2 aromatic rings. The first-order chi connectivity index (χ1) is 11.3. The van der Waals surface area contributed by atoms with Crippen LogP contribution in [0.15, 0.2) is 47.4 Å². The number of hydrogen-bond acceptors (Lipinski definition) is 5. The predicted molar refractivity (Wildman–Crippen MR) is 91.8 cm³/mol. The molecular weight excluding hydrogens is 375 g/mol. The van der Waals surface area contributed by atoms with Gasteiger partial charge in [0.1, 0.15) is 19.0 Å². The molecule has 0 aliphatic heterocycles. The number of rotatable bonds is 6. The summed E-state index contributed by atoms with van der Waals surface area (Å²) in [5.41, 5.74) is 0.155. The number of benzene rings is 2. The molecule has 2 rings (SSSR count). The summed E-state index contributed by atoms with van der Waals surface area (Å²) in [6.45, 7) is 0.0831. The van der Waals surface area contributed by atoms with Crippen molar-refractivity contribution in [1.29, 1.82) is 0 Å². The Labute approximate surface area is 150 Å². The molecule has 0 aromatic heterocycles. The Kier molecular flexibility index (Phi) is 6.10. The van der Waals surface area contributed by atoms with Gasteiger partial charge in [0.05, 0.1) is 15.5 Å². The van der Waals surface area contributed by atoms with Crippen LogP contribution in [0.3, 0.4) is 0 Å². The first-order valence-electron chi connectivity index (χ1n) is 6.82. The van der Waals surface area contributed by atoms with Crippen LogP contribution >= 0.6 is 23.2 Å². The molecule has 0 atom stereocenters. The fourth-order valence-electron chi connectivity index (χ4n) is 1.82. The van der Waals surface area contributed by atoms with Crippen LogP contribution in [0.2, 0.25) is 10.0 Å². The van der Waals surface area contributed by atoms with Crippen molar-refractivity contribution in [3.63, 3.8) is 0 Å². The fraction of sp³-hybridized carbons (Fsp3) is 0.188. The molecule has 0 radical (unpaired) electrons. The Balaban J connectivity index is 1.90. The highest BCUT2D eigenvalue weighted by Crippen LogP contribution is 2.27. The topological polar surface area (TPSA) is 69.7 Å². The van der Waals surface area contributed by atoms with E-state index in [0.29, 0.717) is 15.8 Å². The van der Waals surface area contributed by atoms with Crippen LogP contribution in [-0.4, -0.2) is 33.9 Å². The summed E-state index contributed by atoms with van der Waals surface area (Å²) in [5.74, 6) is -0.206. The van der Waals surface area contributed by atoms with Gasteiger partial charge in [0, 0.05) is 11.3 Å².